The van der Waals surface area contributed by atoms with Crippen molar-refractivity contribution in [1.29, 1.82) is 0 Å². The molecule has 1 aliphatic rings. The fourth-order valence-electron chi connectivity index (χ4n) is 2.42. The smallest absolute Gasteiger partial charge is 0.147 e. The van der Waals surface area contributed by atoms with Crippen LogP contribution < -0.4 is 11.3 Å². The predicted molar refractivity (Wildman–Crippen MR) is 74.3 cm³/mol. The Morgan fingerprint density at radius 3 is 2.89 bits per heavy atom. The fraction of sp³-hybridized carbons (Fsp3) is 0.538. The van der Waals surface area contributed by atoms with Gasteiger partial charge in [-0.05, 0) is 24.0 Å². The van der Waals surface area contributed by atoms with Crippen molar-refractivity contribution < 1.29 is 13.2 Å². The first-order chi connectivity index (χ1) is 9.01. The summed E-state index contributed by atoms with van der Waals surface area (Å²) in [6.45, 7) is 0.638. The molecular weight excluding hydrogens is 264 g/mol. The number of nitrogens with two attached hydrogens (primary N) is 1. The molecule has 0 aromatic heterocycles. The van der Waals surface area contributed by atoms with Crippen LogP contribution in [0.5, 0.6) is 0 Å². The van der Waals surface area contributed by atoms with Gasteiger partial charge in [0.15, 0.2) is 0 Å². The lowest BCUT2D eigenvalue weighted by Crippen LogP contribution is -2.43. The molecule has 0 aliphatic carbocycles. The second kappa shape index (κ2) is 6.00. The Labute approximate surface area is 114 Å². The first kappa shape index (κ1) is 14.5. The quantitative estimate of drug-likeness (QED) is 0.610. The maximum Gasteiger partial charge on any atom is 0.147 e. The highest BCUT2D eigenvalue weighted by molar-refractivity contribution is 7.90. The monoisotopic (exact) mass is 284 g/mol. The molecule has 1 heterocycles. The third-order valence-electron chi connectivity index (χ3n) is 3.41. The van der Waals surface area contributed by atoms with E-state index in [2.05, 4.69) is 11.5 Å². The Balaban J connectivity index is 2.16. The highest BCUT2D eigenvalue weighted by atomic mass is 32.2. The summed E-state index contributed by atoms with van der Waals surface area (Å²) in [7, 11) is -3.00. The van der Waals surface area contributed by atoms with E-state index in [1.165, 1.54) is 11.8 Å². The second-order valence-corrected chi connectivity index (χ2v) is 7.19. The van der Waals surface area contributed by atoms with Crippen LogP contribution in [0, 0.1) is 0 Å². The number of nitrogens with one attached hydrogen (secondary N) is 1. The Kier molecular flexibility index (Phi) is 4.57. The summed E-state index contributed by atoms with van der Waals surface area (Å²) in [5.74, 6) is 5.67. The number of hydrogen-bond acceptors (Lipinski definition) is 5. The van der Waals surface area contributed by atoms with Gasteiger partial charge in [-0.2, -0.15) is 0 Å². The maximum absolute atomic E-state index is 11.3. The lowest BCUT2D eigenvalue weighted by Gasteiger charge is -2.32. The molecule has 106 valence electrons. The normalized spacial score (nSPS) is 20.8. The average molecular weight is 284 g/mol. The Morgan fingerprint density at radius 2 is 2.21 bits per heavy atom. The van der Waals surface area contributed by atoms with Gasteiger partial charge in [-0.1, -0.05) is 24.3 Å². The van der Waals surface area contributed by atoms with Gasteiger partial charge in [-0.25, -0.2) is 8.42 Å². The van der Waals surface area contributed by atoms with Crippen molar-refractivity contribution in [3.8, 4) is 0 Å². The molecule has 19 heavy (non-hydrogen) atoms. The third kappa shape index (κ3) is 3.76. The summed E-state index contributed by atoms with van der Waals surface area (Å²) in [6.07, 6.45) is 2.37. The molecule has 6 heteroatoms. The highest BCUT2D eigenvalue weighted by Gasteiger charge is 2.28. The van der Waals surface area contributed by atoms with E-state index in [9.17, 15) is 8.42 Å². The van der Waals surface area contributed by atoms with Crippen molar-refractivity contribution >= 4 is 9.84 Å². The summed E-state index contributed by atoms with van der Waals surface area (Å²) in [5.41, 5.74) is 5.05. The number of rotatable bonds is 5. The van der Waals surface area contributed by atoms with E-state index in [1.54, 1.807) is 0 Å². The van der Waals surface area contributed by atoms with Gasteiger partial charge >= 0.3 is 0 Å². The summed E-state index contributed by atoms with van der Waals surface area (Å²) in [4.78, 5) is 0. The zero-order valence-electron chi connectivity index (χ0n) is 11.0. The lowest BCUT2D eigenvalue weighted by molar-refractivity contribution is 0.0146. The number of sulfone groups is 1. The Bertz CT molecular complexity index is 530. The van der Waals surface area contributed by atoms with Crippen molar-refractivity contribution in [1.82, 2.24) is 5.43 Å². The summed E-state index contributed by atoms with van der Waals surface area (Å²) < 4.78 is 28.3. The van der Waals surface area contributed by atoms with Gasteiger partial charge in [0, 0.05) is 6.26 Å². The summed E-state index contributed by atoms with van der Waals surface area (Å²) in [5, 5.41) is 0. The molecule has 2 unspecified atom stereocenters. The van der Waals surface area contributed by atoms with E-state index in [-0.39, 0.29) is 17.9 Å². The molecule has 0 fully saturated rings. The molecule has 5 nitrogen and oxygen atoms in total. The van der Waals surface area contributed by atoms with Crippen LogP contribution >= 0.6 is 0 Å². The first-order valence-corrected chi connectivity index (χ1v) is 8.40. The van der Waals surface area contributed by atoms with Gasteiger partial charge in [-0.15, -0.1) is 0 Å². The molecular formula is C13H20N2O3S. The van der Waals surface area contributed by atoms with Gasteiger partial charge < -0.3 is 4.74 Å². The second-order valence-electron chi connectivity index (χ2n) is 4.93. The lowest BCUT2D eigenvalue weighted by atomic mass is 9.92. The van der Waals surface area contributed by atoms with Crippen molar-refractivity contribution in [2.24, 2.45) is 5.84 Å². The highest BCUT2D eigenvalue weighted by Crippen LogP contribution is 2.30. The van der Waals surface area contributed by atoms with Crippen LogP contribution in [-0.2, 0) is 21.0 Å². The number of ether oxygens (including phenoxy) is 1. The molecule has 0 saturated heterocycles. The van der Waals surface area contributed by atoms with Crippen LogP contribution in [-0.4, -0.2) is 33.1 Å². The molecule has 0 saturated carbocycles. The minimum Gasteiger partial charge on any atom is -0.371 e. The van der Waals surface area contributed by atoms with Gasteiger partial charge in [0.1, 0.15) is 9.84 Å². The molecule has 3 N–H and O–H groups in total. The maximum atomic E-state index is 11.3. The topological polar surface area (TPSA) is 81.4 Å². The molecule has 2 rings (SSSR count). The Hall–Kier alpha value is -0.950. The van der Waals surface area contributed by atoms with Crippen LogP contribution in [0.2, 0.25) is 0 Å². The van der Waals surface area contributed by atoms with Crippen LogP contribution in [0.25, 0.3) is 0 Å². The molecule has 0 amide bonds. The largest absolute Gasteiger partial charge is 0.371 e. The fourth-order valence-corrected chi connectivity index (χ4v) is 3.10. The van der Waals surface area contributed by atoms with Gasteiger partial charge in [0.05, 0.1) is 24.5 Å². The van der Waals surface area contributed by atoms with Gasteiger partial charge in [0.2, 0.25) is 0 Å². The number of fused-ring (bicyclic) bond motifs is 1. The van der Waals surface area contributed by atoms with E-state index in [0.717, 1.165) is 12.0 Å². The van der Waals surface area contributed by atoms with Crippen molar-refractivity contribution in [2.75, 3.05) is 18.6 Å². The van der Waals surface area contributed by atoms with E-state index < -0.39 is 9.84 Å². The van der Waals surface area contributed by atoms with Crippen LogP contribution in [0.4, 0.5) is 0 Å². The SMILES string of the molecule is CS(=O)(=O)CCC(NN)C1OCCc2ccccc21. The zero-order chi connectivity index (χ0) is 13.9. The zero-order valence-corrected chi connectivity index (χ0v) is 11.8. The van der Waals surface area contributed by atoms with Crippen molar-refractivity contribution in [3.05, 3.63) is 35.4 Å². The molecule has 0 spiro atoms. The van der Waals surface area contributed by atoms with Crippen LogP contribution in [0.15, 0.2) is 24.3 Å². The minimum atomic E-state index is -3.00. The molecule has 2 atom stereocenters. The first-order valence-electron chi connectivity index (χ1n) is 6.34. The number of benzene rings is 1. The van der Waals surface area contributed by atoms with E-state index in [4.69, 9.17) is 10.6 Å². The summed E-state index contributed by atoms with van der Waals surface area (Å²) in [6, 6.07) is 7.86. The van der Waals surface area contributed by atoms with E-state index in [0.29, 0.717) is 13.0 Å². The third-order valence-corrected chi connectivity index (χ3v) is 4.39. The van der Waals surface area contributed by atoms with E-state index in [1.807, 2.05) is 18.2 Å². The van der Waals surface area contributed by atoms with Crippen LogP contribution in [0.1, 0.15) is 23.7 Å². The van der Waals surface area contributed by atoms with E-state index >= 15 is 0 Å². The Morgan fingerprint density at radius 1 is 1.47 bits per heavy atom. The number of hydrazine groups is 1. The standard InChI is InChI=1S/C13H20N2O3S/c1-19(16,17)9-7-12(15-14)13-11-5-3-2-4-10(11)6-8-18-13/h2-5,12-13,15H,6-9,14H2,1H3. The molecule has 1 aliphatic heterocycles. The van der Waals surface area contributed by atoms with Crippen molar-refractivity contribution in [3.63, 3.8) is 0 Å². The molecule has 0 bridgehead atoms. The predicted octanol–water partition coefficient (Wildman–Crippen LogP) is 0.567. The van der Waals surface area contributed by atoms with Gasteiger partial charge in [0.25, 0.3) is 0 Å². The van der Waals surface area contributed by atoms with Gasteiger partial charge in [-0.3, -0.25) is 11.3 Å². The number of hydrogen-bond donors (Lipinski definition) is 2. The minimum absolute atomic E-state index is 0.101. The van der Waals surface area contributed by atoms with Crippen molar-refractivity contribution in [2.45, 2.75) is 25.0 Å². The molecule has 1 aromatic carbocycles. The average Bonchev–Trinajstić information content (AvgIpc) is 2.38. The molecule has 1 aromatic rings. The molecule has 0 radical (unpaired) electrons. The van der Waals surface area contributed by atoms with Crippen LogP contribution in [0.3, 0.4) is 0 Å². The summed E-state index contributed by atoms with van der Waals surface area (Å²) >= 11 is 0.